The molecule has 1 atom stereocenters. The minimum Gasteiger partial charge on any atom is -0.483 e. The SMILES string of the molecule is CC(C)C(NC(=O)c1ccc(Cl)cc1Cl)C(=O)NN=Cc1cc(Cl)ccc1OCC(=O)N1CCOCC1. The Morgan fingerprint density at radius 3 is 2.43 bits per heavy atom. The van der Waals surface area contributed by atoms with Crippen LogP contribution in [0, 0.1) is 5.92 Å². The van der Waals surface area contributed by atoms with Gasteiger partial charge in [-0.1, -0.05) is 48.7 Å². The number of hydrazone groups is 1. The molecule has 37 heavy (non-hydrogen) atoms. The van der Waals surface area contributed by atoms with E-state index in [1.807, 2.05) is 0 Å². The summed E-state index contributed by atoms with van der Waals surface area (Å²) < 4.78 is 11.0. The molecule has 198 valence electrons. The second-order valence-corrected chi connectivity index (χ2v) is 9.80. The van der Waals surface area contributed by atoms with Gasteiger partial charge in [0.1, 0.15) is 11.8 Å². The lowest BCUT2D eigenvalue weighted by atomic mass is 10.0. The molecule has 3 amide bonds. The summed E-state index contributed by atoms with van der Waals surface area (Å²) in [5.74, 6) is -1.09. The lowest BCUT2D eigenvalue weighted by Crippen LogP contribution is -2.48. The zero-order valence-electron chi connectivity index (χ0n) is 20.3. The van der Waals surface area contributed by atoms with Gasteiger partial charge in [-0.05, 0) is 42.3 Å². The molecule has 0 aromatic heterocycles. The van der Waals surface area contributed by atoms with Crippen molar-refractivity contribution in [2.45, 2.75) is 19.9 Å². The van der Waals surface area contributed by atoms with E-state index in [9.17, 15) is 14.4 Å². The number of ether oxygens (including phenoxy) is 2. The number of rotatable bonds is 9. The van der Waals surface area contributed by atoms with E-state index in [2.05, 4.69) is 15.8 Å². The Labute approximate surface area is 230 Å². The molecule has 2 aromatic rings. The van der Waals surface area contributed by atoms with Gasteiger partial charge in [0.15, 0.2) is 6.61 Å². The fourth-order valence-corrected chi connectivity index (χ4v) is 4.13. The number of nitrogens with zero attached hydrogens (tertiary/aromatic N) is 2. The van der Waals surface area contributed by atoms with E-state index in [0.717, 1.165) is 0 Å². The number of carbonyl (C=O) groups excluding carboxylic acids is 3. The van der Waals surface area contributed by atoms with Crippen molar-refractivity contribution in [3.63, 3.8) is 0 Å². The van der Waals surface area contributed by atoms with Gasteiger partial charge < -0.3 is 19.7 Å². The van der Waals surface area contributed by atoms with Gasteiger partial charge in [0.2, 0.25) is 0 Å². The molecule has 1 aliphatic heterocycles. The highest BCUT2D eigenvalue weighted by atomic mass is 35.5. The number of hydrogen-bond donors (Lipinski definition) is 2. The van der Waals surface area contributed by atoms with Crippen LogP contribution in [-0.2, 0) is 14.3 Å². The van der Waals surface area contributed by atoms with Crippen LogP contribution in [0.5, 0.6) is 5.75 Å². The van der Waals surface area contributed by atoms with Gasteiger partial charge in [-0.15, -0.1) is 0 Å². The lowest BCUT2D eigenvalue weighted by molar-refractivity contribution is -0.137. The molecule has 1 aliphatic rings. The standard InChI is InChI=1S/C25H27Cl3N4O5/c1-15(2)23(30-24(34)19-5-3-18(27)12-20(19)28)25(35)31-29-13-16-11-17(26)4-6-21(16)37-14-22(33)32-7-9-36-10-8-32/h3-6,11-13,15,23H,7-10,14H2,1-2H3,(H,30,34)(H,31,35). The van der Waals surface area contributed by atoms with Crippen LogP contribution in [0.4, 0.5) is 0 Å². The summed E-state index contributed by atoms with van der Waals surface area (Å²) in [6.45, 7) is 5.42. The predicted octanol–water partition coefficient (Wildman–Crippen LogP) is 3.79. The van der Waals surface area contributed by atoms with Crippen molar-refractivity contribution in [1.82, 2.24) is 15.6 Å². The number of morpholine rings is 1. The maximum absolute atomic E-state index is 12.8. The molecule has 1 fully saturated rings. The third-order valence-corrected chi connectivity index (χ3v) is 6.26. The van der Waals surface area contributed by atoms with Crippen molar-refractivity contribution in [3.8, 4) is 5.75 Å². The Morgan fingerprint density at radius 2 is 1.76 bits per heavy atom. The average Bonchev–Trinajstić information content (AvgIpc) is 2.86. The number of nitrogens with one attached hydrogen (secondary N) is 2. The molecule has 1 saturated heterocycles. The Bertz CT molecular complexity index is 1170. The van der Waals surface area contributed by atoms with Crippen LogP contribution in [0.25, 0.3) is 0 Å². The van der Waals surface area contributed by atoms with Crippen molar-refractivity contribution >= 4 is 58.7 Å². The summed E-state index contributed by atoms with van der Waals surface area (Å²) >= 11 is 18.1. The number of halogens is 3. The number of amides is 3. The molecule has 0 radical (unpaired) electrons. The molecule has 12 heteroatoms. The van der Waals surface area contributed by atoms with Crippen molar-refractivity contribution in [1.29, 1.82) is 0 Å². The van der Waals surface area contributed by atoms with Gasteiger partial charge >= 0.3 is 0 Å². The molecule has 1 heterocycles. The smallest absolute Gasteiger partial charge is 0.262 e. The van der Waals surface area contributed by atoms with E-state index in [1.54, 1.807) is 36.9 Å². The third kappa shape index (κ3) is 8.33. The molecule has 1 unspecified atom stereocenters. The molecular weight excluding hydrogens is 543 g/mol. The van der Waals surface area contributed by atoms with Gasteiger partial charge in [0.05, 0.1) is 30.0 Å². The molecule has 0 saturated carbocycles. The topological polar surface area (TPSA) is 109 Å². The molecule has 9 nitrogen and oxygen atoms in total. The second kappa shape index (κ2) is 13.6. The van der Waals surface area contributed by atoms with E-state index in [0.29, 0.717) is 47.7 Å². The first-order valence-corrected chi connectivity index (χ1v) is 12.7. The molecule has 2 N–H and O–H groups in total. The normalized spacial score (nSPS) is 14.5. The van der Waals surface area contributed by atoms with E-state index >= 15 is 0 Å². The number of carbonyl (C=O) groups is 3. The van der Waals surface area contributed by atoms with Crippen molar-refractivity contribution in [2.75, 3.05) is 32.9 Å². The largest absolute Gasteiger partial charge is 0.483 e. The third-order valence-electron chi connectivity index (χ3n) is 5.48. The zero-order chi connectivity index (χ0) is 26.9. The number of hydrogen-bond acceptors (Lipinski definition) is 6. The van der Waals surface area contributed by atoms with Gasteiger partial charge in [-0.2, -0.15) is 5.10 Å². The lowest BCUT2D eigenvalue weighted by Gasteiger charge is -2.26. The zero-order valence-corrected chi connectivity index (χ0v) is 22.6. The quantitative estimate of drug-likeness (QED) is 0.353. The summed E-state index contributed by atoms with van der Waals surface area (Å²) in [4.78, 5) is 39.6. The number of benzene rings is 2. The maximum atomic E-state index is 12.8. The Kier molecular flexibility index (Phi) is 10.6. The summed E-state index contributed by atoms with van der Waals surface area (Å²) in [5.41, 5.74) is 3.08. The highest BCUT2D eigenvalue weighted by Crippen LogP contribution is 2.22. The Morgan fingerprint density at radius 1 is 1.08 bits per heavy atom. The molecular formula is C25H27Cl3N4O5. The summed E-state index contributed by atoms with van der Waals surface area (Å²) in [7, 11) is 0. The monoisotopic (exact) mass is 568 g/mol. The predicted molar refractivity (Wildman–Crippen MR) is 143 cm³/mol. The summed E-state index contributed by atoms with van der Waals surface area (Å²) in [5, 5.41) is 7.67. The van der Waals surface area contributed by atoms with Gasteiger partial charge in [0, 0.05) is 28.7 Å². The first-order chi connectivity index (χ1) is 17.7. The summed E-state index contributed by atoms with van der Waals surface area (Å²) in [6, 6.07) is 8.41. The minimum atomic E-state index is -0.891. The van der Waals surface area contributed by atoms with Crippen molar-refractivity contribution in [3.05, 3.63) is 62.6 Å². The van der Waals surface area contributed by atoms with Crippen molar-refractivity contribution < 1.29 is 23.9 Å². The first kappa shape index (κ1) is 28.7. The van der Waals surface area contributed by atoms with Crippen LogP contribution in [0.1, 0.15) is 29.8 Å². The molecule has 0 aliphatic carbocycles. The van der Waals surface area contributed by atoms with Gasteiger partial charge in [-0.3, -0.25) is 14.4 Å². The highest BCUT2D eigenvalue weighted by Gasteiger charge is 2.25. The van der Waals surface area contributed by atoms with E-state index < -0.39 is 17.9 Å². The van der Waals surface area contributed by atoms with Crippen LogP contribution < -0.4 is 15.5 Å². The highest BCUT2D eigenvalue weighted by molar-refractivity contribution is 6.36. The first-order valence-electron chi connectivity index (χ1n) is 11.5. The van der Waals surface area contributed by atoms with Gasteiger partial charge in [-0.25, -0.2) is 5.43 Å². The van der Waals surface area contributed by atoms with Gasteiger partial charge in [0.25, 0.3) is 17.7 Å². The fourth-order valence-electron chi connectivity index (χ4n) is 3.46. The van der Waals surface area contributed by atoms with Crippen LogP contribution in [0.15, 0.2) is 41.5 Å². The Hall–Kier alpha value is -2.85. The fraction of sp³-hybridized carbons (Fsp3) is 0.360. The van der Waals surface area contributed by atoms with E-state index in [4.69, 9.17) is 44.3 Å². The second-order valence-electron chi connectivity index (χ2n) is 8.52. The molecule has 2 aromatic carbocycles. The maximum Gasteiger partial charge on any atom is 0.262 e. The van der Waals surface area contributed by atoms with Crippen LogP contribution in [0.2, 0.25) is 15.1 Å². The summed E-state index contributed by atoms with van der Waals surface area (Å²) in [6.07, 6.45) is 1.35. The van der Waals surface area contributed by atoms with Crippen LogP contribution >= 0.6 is 34.8 Å². The minimum absolute atomic E-state index is 0.161. The average molecular weight is 570 g/mol. The Balaban J connectivity index is 1.63. The van der Waals surface area contributed by atoms with E-state index in [1.165, 1.54) is 24.4 Å². The molecule has 0 spiro atoms. The van der Waals surface area contributed by atoms with Crippen LogP contribution in [-0.4, -0.2) is 67.8 Å². The van der Waals surface area contributed by atoms with Crippen molar-refractivity contribution in [2.24, 2.45) is 11.0 Å². The van der Waals surface area contributed by atoms with E-state index in [-0.39, 0.29) is 29.0 Å². The van der Waals surface area contributed by atoms with Crippen LogP contribution in [0.3, 0.4) is 0 Å². The molecule has 0 bridgehead atoms. The molecule has 3 rings (SSSR count).